The zero-order valence-electron chi connectivity index (χ0n) is 15.5. The third kappa shape index (κ3) is 3.66. The minimum absolute atomic E-state index is 0.0762. The standard InChI is InChI=1S/C21H18N6O2/c1-2-3-12-23-20-19(25-29-26-20)21-24-16-6-4-5-7-17(16)27(21)13-18(28)14-8-10-15(22)11-9-14/h1,4-11H,3,12-13,22H2,(H,23,26). The van der Waals surface area contributed by atoms with E-state index in [9.17, 15) is 4.79 Å². The fourth-order valence-electron chi connectivity index (χ4n) is 3.02. The summed E-state index contributed by atoms with van der Waals surface area (Å²) in [6, 6.07) is 14.4. The van der Waals surface area contributed by atoms with Gasteiger partial charge in [-0.2, -0.15) is 0 Å². The third-order valence-corrected chi connectivity index (χ3v) is 4.45. The number of terminal acetylenes is 1. The van der Waals surface area contributed by atoms with E-state index in [1.165, 1.54) is 0 Å². The Labute approximate surface area is 166 Å². The van der Waals surface area contributed by atoms with Gasteiger partial charge in [-0.05, 0) is 46.7 Å². The maximum absolute atomic E-state index is 12.9. The van der Waals surface area contributed by atoms with E-state index < -0.39 is 0 Å². The van der Waals surface area contributed by atoms with Crippen molar-refractivity contribution in [2.24, 2.45) is 0 Å². The molecule has 0 bridgehead atoms. The van der Waals surface area contributed by atoms with Crippen molar-refractivity contribution < 1.29 is 9.42 Å². The van der Waals surface area contributed by atoms with Gasteiger partial charge in [-0.15, -0.1) is 12.3 Å². The molecule has 8 nitrogen and oxygen atoms in total. The molecule has 144 valence electrons. The van der Waals surface area contributed by atoms with Crippen molar-refractivity contribution in [3.05, 3.63) is 54.1 Å². The van der Waals surface area contributed by atoms with E-state index in [1.807, 2.05) is 24.3 Å². The number of anilines is 2. The van der Waals surface area contributed by atoms with Gasteiger partial charge in [-0.1, -0.05) is 12.1 Å². The molecular formula is C21H18N6O2. The molecule has 4 rings (SSSR count). The van der Waals surface area contributed by atoms with Gasteiger partial charge in [0, 0.05) is 24.2 Å². The molecule has 0 aliphatic rings. The highest BCUT2D eigenvalue weighted by atomic mass is 16.6. The number of carbonyl (C=O) groups is 1. The van der Waals surface area contributed by atoms with Crippen LogP contribution in [0.25, 0.3) is 22.6 Å². The van der Waals surface area contributed by atoms with Crippen molar-refractivity contribution in [2.75, 3.05) is 17.6 Å². The van der Waals surface area contributed by atoms with E-state index in [4.69, 9.17) is 16.8 Å². The molecule has 2 aromatic heterocycles. The Morgan fingerprint density at radius 3 is 2.76 bits per heavy atom. The van der Waals surface area contributed by atoms with Crippen molar-refractivity contribution in [1.82, 2.24) is 19.9 Å². The normalized spacial score (nSPS) is 10.7. The summed E-state index contributed by atoms with van der Waals surface area (Å²) >= 11 is 0. The Morgan fingerprint density at radius 2 is 1.97 bits per heavy atom. The van der Waals surface area contributed by atoms with Gasteiger partial charge in [0.1, 0.15) is 0 Å². The predicted molar refractivity (Wildman–Crippen MR) is 110 cm³/mol. The SMILES string of the molecule is C#CCCNc1nonc1-c1nc2ccccc2n1CC(=O)c1ccc(N)cc1. The highest BCUT2D eigenvalue weighted by Crippen LogP contribution is 2.28. The smallest absolute Gasteiger partial charge is 0.202 e. The molecule has 0 saturated carbocycles. The van der Waals surface area contributed by atoms with Crippen molar-refractivity contribution in [3.63, 3.8) is 0 Å². The fourth-order valence-corrected chi connectivity index (χ4v) is 3.02. The number of nitrogen functional groups attached to an aromatic ring is 1. The number of para-hydroxylation sites is 2. The molecule has 29 heavy (non-hydrogen) atoms. The molecule has 2 aromatic carbocycles. The molecular weight excluding hydrogens is 368 g/mol. The molecule has 0 fully saturated rings. The summed E-state index contributed by atoms with van der Waals surface area (Å²) in [5, 5.41) is 11.0. The summed E-state index contributed by atoms with van der Waals surface area (Å²) in [5.74, 6) is 3.39. The van der Waals surface area contributed by atoms with Gasteiger partial charge in [0.05, 0.1) is 17.6 Å². The first-order chi connectivity index (χ1) is 14.2. The van der Waals surface area contributed by atoms with Crippen molar-refractivity contribution in [3.8, 4) is 23.9 Å². The number of rotatable bonds is 7. The minimum atomic E-state index is -0.0762. The van der Waals surface area contributed by atoms with E-state index in [1.54, 1.807) is 28.8 Å². The number of hydrogen-bond donors (Lipinski definition) is 2. The first-order valence-electron chi connectivity index (χ1n) is 9.01. The molecule has 8 heteroatoms. The Kier molecular flexibility index (Phi) is 4.95. The summed E-state index contributed by atoms with van der Waals surface area (Å²) in [6.07, 6.45) is 5.83. The fraction of sp³-hybridized carbons (Fsp3) is 0.143. The van der Waals surface area contributed by atoms with Crippen LogP contribution in [0.15, 0.2) is 53.2 Å². The second-order valence-corrected chi connectivity index (χ2v) is 6.40. The van der Waals surface area contributed by atoms with E-state index >= 15 is 0 Å². The van der Waals surface area contributed by atoms with Crippen LogP contribution in [0.2, 0.25) is 0 Å². The van der Waals surface area contributed by atoms with Gasteiger partial charge in [-0.3, -0.25) is 4.79 Å². The molecule has 0 unspecified atom stereocenters. The summed E-state index contributed by atoms with van der Waals surface area (Å²) in [6.45, 7) is 0.596. The zero-order chi connectivity index (χ0) is 20.2. The number of fused-ring (bicyclic) bond motifs is 1. The topological polar surface area (TPSA) is 112 Å². The van der Waals surface area contributed by atoms with E-state index in [0.717, 1.165) is 11.0 Å². The lowest BCUT2D eigenvalue weighted by Gasteiger charge is -2.08. The van der Waals surface area contributed by atoms with Gasteiger partial charge in [0.25, 0.3) is 0 Å². The van der Waals surface area contributed by atoms with Crippen LogP contribution in [-0.4, -0.2) is 32.2 Å². The van der Waals surface area contributed by atoms with Crippen LogP contribution in [0, 0.1) is 12.3 Å². The number of hydrogen-bond acceptors (Lipinski definition) is 7. The minimum Gasteiger partial charge on any atom is -0.399 e. The zero-order valence-corrected chi connectivity index (χ0v) is 15.5. The monoisotopic (exact) mass is 386 g/mol. The molecule has 0 atom stereocenters. The number of aromatic nitrogens is 4. The molecule has 0 radical (unpaired) electrons. The Bertz CT molecular complexity index is 1200. The molecule has 0 aliphatic carbocycles. The molecule has 4 aromatic rings. The largest absolute Gasteiger partial charge is 0.399 e. The Balaban J connectivity index is 1.74. The highest BCUT2D eigenvalue weighted by Gasteiger charge is 2.22. The average Bonchev–Trinajstić information content (AvgIpc) is 3.33. The predicted octanol–water partition coefficient (Wildman–Crippen LogP) is 2.99. The number of nitrogens with zero attached hydrogens (tertiary/aromatic N) is 4. The molecule has 2 heterocycles. The third-order valence-electron chi connectivity index (χ3n) is 4.45. The highest BCUT2D eigenvalue weighted by molar-refractivity contribution is 5.97. The van der Waals surface area contributed by atoms with Crippen molar-refractivity contribution in [1.29, 1.82) is 0 Å². The maximum Gasteiger partial charge on any atom is 0.202 e. The van der Waals surface area contributed by atoms with Crippen LogP contribution in [0.4, 0.5) is 11.5 Å². The molecule has 0 aliphatic heterocycles. The van der Waals surface area contributed by atoms with Gasteiger partial charge in [0.2, 0.25) is 5.82 Å². The lowest BCUT2D eigenvalue weighted by Crippen LogP contribution is -2.12. The number of benzene rings is 2. The number of imidazole rings is 1. The van der Waals surface area contributed by atoms with Crippen LogP contribution in [0.3, 0.4) is 0 Å². The lowest BCUT2D eigenvalue weighted by atomic mass is 10.1. The lowest BCUT2D eigenvalue weighted by molar-refractivity contribution is 0.0974. The summed E-state index contributed by atoms with van der Waals surface area (Å²) in [5.41, 5.74) is 8.86. The average molecular weight is 386 g/mol. The number of nitrogens with one attached hydrogen (secondary N) is 1. The maximum atomic E-state index is 12.9. The number of nitrogens with two attached hydrogens (primary N) is 1. The first kappa shape index (κ1) is 18.3. The summed E-state index contributed by atoms with van der Waals surface area (Å²) in [4.78, 5) is 17.6. The van der Waals surface area contributed by atoms with Gasteiger partial charge in [0.15, 0.2) is 17.3 Å². The van der Waals surface area contributed by atoms with Crippen LogP contribution in [0.5, 0.6) is 0 Å². The van der Waals surface area contributed by atoms with E-state index in [0.29, 0.717) is 41.6 Å². The van der Waals surface area contributed by atoms with Crippen LogP contribution in [-0.2, 0) is 6.54 Å². The quantitative estimate of drug-likeness (QED) is 0.217. The summed E-state index contributed by atoms with van der Waals surface area (Å²) in [7, 11) is 0. The van der Waals surface area contributed by atoms with Crippen LogP contribution in [0.1, 0.15) is 16.8 Å². The first-order valence-corrected chi connectivity index (χ1v) is 9.01. The molecule has 3 N–H and O–H groups in total. The van der Waals surface area contributed by atoms with Crippen LogP contribution < -0.4 is 11.1 Å². The summed E-state index contributed by atoms with van der Waals surface area (Å²) < 4.78 is 6.72. The molecule has 0 saturated heterocycles. The Morgan fingerprint density at radius 1 is 1.17 bits per heavy atom. The van der Waals surface area contributed by atoms with Gasteiger partial charge >= 0.3 is 0 Å². The van der Waals surface area contributed by atoms with Gasteiger partial charge in [-0.25, -0.2) is 9.61 Å². The number of ketones is 1. The molecule has 0 spiro atoms. The second kappa shape index (κ2) is 7.86. The van der Waals surface area contributed by atoms with Crippen molar-refractivity contribution in [2.45, 2.75) is 13.0 Å². The number of carbonyl (C=O) groups excluding carboxylic acids is 1. The second-order valence-electron chi connectivity index (χ2n) is 6.40. The van der Waals surface area contributed by atoms with Crippen LogP contribution >= 0.6 is 0 Å². The van der Waals surface area contributed by atoms with Crippen molar-refractivity contribution >= 4 is 28.3 Å². The molecule has 0 amide bonds. The van der Waals surface area contributed by atoms with E-state index in [-0.39, 0.29) is 12.3 Å². The van der Waals surface area contributed by atoms with E-state index in [2.05, 4.69) is 26.5 Å². The van der Waals surface area contributed by atoms with Gasteiger partial charge < -0.3 is 15.6 Å². The Hall–Kier alpha value is -4.12. The number of Topliss-reactive ketones (excluding diaryl/α,β-unsaturated/α-hetero) is 1.